The van der Waals surface area contributed by atoms with Crippen LogP contribution in [0, 0.1) is 11.3 Å². The Morgan fingerprint density at radius 1 is 1.29 bits per heavy atom. The maximum Gasteiger partial charge on any atom is 0.247 e. The number of ether oxygens (including phenoxy) is 1. The zero-order chi connectivity index (χ0) is 19.3. The second-order valence-corrected chi connectivity index (χ2v) is 7.62. The Bertz CT molecular complexity index is 1020. The Balaban J connectivity index is 1.46. The molecule has 0 spiro atoms. The molecular formula is C22H19N3O2S. The molecule has 1 unspecified atom stereocenters. The largest absolute Gasteiger partial charge is 0.479 e. The van der Waals surface area contributed by atoms with Crippen molar-refractivity contribution >= 4 is 33.5 Å². The minimum Gasteiger partial charge on any atom is -0.479 e. The van der Waals surface area contributed by atoms with Crippen molar-refractivity contribution in [1.82, 2.24) is 9.88 Å². The first kappa shape index (κ1) is 18.2. The van der Waals surface area contributed by atoms with Crippen LogP contribution in [0.2, 0.25) is 0 Å². The number of rotatable bonds is 5. The number of carbonyl (C=O) groups excluding carboxylic acids is 1. The molecular weight excluding hydrogens is 370 g/mol. The van der Waals surface area contributed by atoms with Crippen LogP contribution in [0.5, 0.6) is 5.75 Å². The third-order valence-electron chi connectivity index (χ3n) is 4.73. The van der Waals surface area contributed by atoms with Gasteiger partial charge >= 0.3 is 0 Å². The summed E-state index contributed by atoms with van der Waals surface area (Å²) in [7, 11) is 0. The number of nitriles is 1. The molecule has 0 bridgehead atoms. The highest BCUT2D eigenvalue weighted by atomic mass is 32.1. The fourth-order valence-corrected chi connectivity index (χ4v) is 4.49. The number of hydrogen-bond donors (Lipinski definition) is 0. The highest BCUT2D eigenvalue weighted by Crippen LogP contribution is 2.36. The Morgan fingerprint density at radius 2 is 2.11 bits per heavy atom. The van der Waals surface area contributed by atoms with Crippen molar-refractivity contribution in [1.29, 1.82) is 5.26 Å². The van der Waals surface area contributed by atoms with E-state index in [1.54, 1.807) is 29.5 Å². The highest BCUT2D eigenvalue weighted by molar-refractivity contribution is 7.18. The van der Waals surface area contributed by atoms with Crippen LogP contribution in [-0.4, -0.2) is 28.9 Å². The topological polar surface area (TPSA) is 66.2 Å². The van der Waals surface area contributed by atoms with E-state index in [9.17, 15) is 4.79 Å². The van der Waals surface area contributed by atoms with Crippen molar-refractivity contribution < 1.29 is 9.53 Å². The number of thiazole rings is 1. The fraction of sp³-hybridized carbons (Fsp3) is 0.227. The number of amides is 1. The maximum absolute atomic E-state index is 12.8. The highest BCUT2D eigenvalue weighted by Gasteiger charge is 2.31. The summed E-state index contributed by atoms with van der Waals surface area (Å²) in [6.45, 7) is 0.778. The van der Waals surface area contributed by atoms with E-state index >= 15 is 0 Å². The van der Waals surface area contributed by atoms with Gasteiger partial charge in [0.05, 0.1) is 16.3 Å². The molecule has 3 aromatic rings. The SMILES string of the molecule is N#CCOc1ccc(C=CC(=O)N2CCCC2c2nc3ccccc3s2)cc1. The lowest BCUT2D eigenvalue weighted by Gasteiger charge is -2.21. The van der Waals surface area contributed by atoms with Gasteiger partial charge in [0, 0.05) is 12.6 Å². The zero-order valence-corrected chi connectivity index (χ0v) is 16.1. The van der Waals surface area contributed by atoms with Crippen molar-refractivity contribution in [2.75, 3.05) is 13.2 Å². The number of para-hydroxylation sites is 1. The molecule has 1 amide bonds. The van der Waals surface area contributed by atoms with Gasteiger partial charge in [0.2, 0.25) is 5.91 Å². The molecule has 1 atom stereocenters. The van der Waals surface area contributed by atoms with Gasteiger partial charge in [-0.05, 0) is 48.7 Å². The molecule has 6 heteroatoms. The van der Waals surface area contributed by atoms with Crippen molar-refractivity contribution in [2.24, 2.45) is 0 Å². The van der Waals surface area contributed by atoms with Gasteiger partial charge in [0.25, 0.3) is 0 Å². The number of benzene rings is 2. The van der Waals surface area contributed by atoms with Crippen LogP contribution in [-0.2, 0) is 4.79 Å². The normalized spacial score (nSPS) is 16.5. The zero-order valence-electron chi connectivity index (χ0n) is 15.2. The molecule has 1 aromatic heterocycles. The van der Waals surface area contributed by atoms with Crippen LogP contribution >= 0.6 is 11.3 Å². The van der Waals surface area contributed by atoms with Crippen molar-refractivity contribution in [3.63, 3.8) is 0 Å². The van der Waals surface area contributed by atoms with Crippen LogP contribution in [0.25, 0.3) is 16.3 Å². The van der Waals surface area contributed by atoms with E-state index in [0.29, 0.717) is 5.75 Å². The molecule has 28 heavy (non-hydrogen) atoms. The average molecular weight is 389 g/mol. The van der Waals surface area contributed by atoms with Gasteiger partial charge < -0.3 is 9.64 Å². The lowest BCUT2D eigenvalue weighted by Crippen LogP contribution is -2.28. The molecule has 0 radical (unpaired) electrons. The molecule has 4 rings (SSSR count). The number of carbonyl (C=O) groups is 1. The summed E-state index contributed by atoms with van der Waals surface area (Å²) in [5, 5.41) is 9.56. The Kier molecular flexibility index (Phi) is 5.36. The van der Waals surface area contributed by atoms with Crippen LogP contribution in [0.1, 0.15) is 29.5 Å². The standard InChI is InChI=1S/C22H19N3O2S/c23-13-15-27-17-10-7-16(8-11-17)9-12-21(26)25-14-3-5-19(25)22-24-18-4-1-2-6-20(18)28-22/h1-2,4,6-12,19H,3,5,14-15H2. The maximum atomic E-state index is 12.8. The summed E-state index contributed by atoms with van der Waals surface area (Å²) in [6, 6.07) is 17.4. The molecule has 2 aromatic carbocycles. The number of fused-ring (bicyclic) bond motifs is 1. The van der Waals surface area contributed by atoms with Gasteiger partial charge in [-0.1, -0.05) is 24.3 Å². The van der Waals surface area contributed by atoms with Crippen LogP contribution < -0.4 is 4.74 Å². The van der Waals surface area contributed by atoms with Gasteiger partial charge in [-0.25, -0.2) is 4.98 Å². The summed E-state index contributed by atoms with van der Waals surface area (Å²) in [6.07, 6.45) is 5.37. The first-order valence-corrected chi connectivity index (χ1v) is 10.0. The predicted octanol–water partition coefficient (Wildman–Crippen LogP) is 4.58. The van der Waals surface area contributed by atoms with Gasteiger partial charge in [-0.2, -0.15) is 5.26 Å². The van der Waals surface area contributed by atoms with E-state index < -0.39 is 0 Å². The molecule has 140 valence electrons. The fourth-order valence-electron chi connectivity index (χ4n) is 3.37. The molecule has 0 aliphatic carbocycles. The second kappa shape index (κ2) is 8.24. The van der Waals surface area contributed by atoms with E-state index in [2.05, 4.69) is 6.07 Å². The van der Waals surface area contributed by atoms with E-state index in [1.165, 1.54) is 0 Å². The third kappa shape index (κ3) is 3.90. The van der Waals surface area contributed by atoms with Crippen LogP contribution in [0.3, 0.4) is 0 Å². The Labute approximate surface area is 167 Å². The van der Waals surface area contributed by atoms with E-state index in [-0.39, 0.29) is 18.6 Å². The number of aromatic nitrogens is 1. The van der Waals surface area contributed by atoms with E-state index in [1.807, 2.05) is 47.4 Å². The summed E-state index contributed by atoms with van der Waals surface area (Å²) < 4.78 is 6.40. The predicted molar refractivity (Wildman–Crippen MR) is 110 cm³/mol. The molecule has 5 nitrogen and oxygen atoms in total. The van der Waals surface area contributed by atoms with Gasteiger partial charge in [0.15, 0.2) is 6.61 Å². The third-order valence-corrected chi connectivity index (χ3v) is 5.87. The molecule has 1 saturated heterocycles. The van der Waals surface area contributed by atoms with Crippen molar-refractivity contribution in [2.45, 2.75) is 18.9 Å². The van der Waals surface area contributed by atoms with Crippen molar-refractivity contribution in [3.05, 3.63) is 65.2 Å². The summed E-state index contributed by atoms with van der Waals surface area (Å²) in [5.41, 5.74) is 1.91. The first-order valence-electron chi connectivity index (χ1n) is 9.18. The molecule has 0 saturated carbocycles. The van der Waals surface area contributed by atoms with Crippen molar-refractivity contribution in [3.8, 4) is 11.8 Å². The monoisotopic (exact) mass is 389 g/mol. The first-order chi connectivity index (χ1) is 13.7. The number of likely N-dealkylation sites (tertiary alicyclic amines) is 1. The minimum atomic E-state index is 0.00608. The average Bonchev–Trinajstić information content (AvgIpc) is 3.37. The van der Waals surface area contributed by atoms with E-state index in [4.69, 9.17) is 15.0 Å². The number of nitrogens with zero attached hydrogens (tertiary/aromatic N) is 3. The van der Waals surface area contributed by atoms with Crippen LogP contribution in [0.4, 0.5) is 0 Å². The molecule has 0 N–H and O–H groups in total. The summed E-state index contributed by atoms with van der Waals surface area (Å²) in [4.78, 5) is 19.4. The van der Waals surface area contributed by atoms with E-state index in [0.717, 1.165) is 40.2 Å². The summed E-state index contributed by atoms with van der Waals surface area (Å²) >= 11 is 1.67. The van der Waals surface area contributed by atoms with Gasteiger partial charge in [-0.3, -0.25) is 4.79 Å². The molecule has 2 heterocycles. The Hall–Kier alpha value is -3.17. The Morgan fingerprint density at radius 3 is 2.89 bits per heavy atom. The van der Waals surface area contributed by atoms with Gasteiger partial charge in [0.1, 0.15) is 16.8 Å². The molecule has 1 aliphatic heterocycles. The number of hydrogen-bond acceptors (Lipinski definition) is 5. The minimum absolute atomic E-state index is 0.00608. The lowest BCUT2D eigenvalue weighted by molar-refractivity contribution is -0.126. The quantitative estimate of drug-likeness (QED) is 0.599. The van der Waals surface area contributed by atoms with Gasteiger partial charge in [-0.15, -0.1) is 11.3 Å². The lowest BCUT2D eigenvalue weighted by atomic mass is 10.2. The smallest absolute Gasteiger partial charge is 0.247 e. The molecule has 1 fully saturated rings. The summed E-state index contributed by atoms with van der Waals surface area (Å²) in [5.74, 6) is 0.645. The molecule has 1 aliphatic rings. The van der Waals surface area contributed by atoms with Crippen LogP contribution in [0.15, 0.2) is 54.6 Å². The second-order valence-electron chi connectivity index (χ2n) is 6.56.